The van der Waals surface area contributed by atoms with E-state index in [1.807, 2.05) is 5.32 Å². The molecule has 0 heterocycles. The van der Waals surface area contributed by atoms with Crippen LogP contribution in [-0.2, 0) is 12.4 Å². The second-order valence-corrected chi connectivity index (χ2v) is 5.77. The van der Waals surface area contributed by atoms with Crippen LogP contribution < -0.4 is 15.4 Å². The first-order chi connectivity index (χ1) is 13.7. The number of rotatable bonds is 5. The minimum absolute atomic E-state index is 0.116. The molecule has 0 aliphatic heterocycles. The Balaban J connectivity index is 2.20. The Morgan fingerprint density at radius 2 is 1.33 bits per heavy atom. The lowest BCUT2D eigenvalue weighted by Gasteiger charge is -2.16. The SMILES string of the molecule is O=C(Nc1cccc(OC(F)(F)CF)c1)Nc1cc(C(F)(F)F)cc(C(F)(F)F)c1. The van der Waals surface area contributed by atoms with E-state index in [-0.39, 0.29) is 23.9 Å². The molecule has 0 aromatic heterocycles. The van der Waals surface area contributed by atoms with Gasteiger partial charge in [0.1, 0.15) is 5.75 Å². The van der Waals surface area contributed by atoms with Crippen LogP contribution in [0.4, 0.5) is 55.7 Å². The van der Waals surface area contributed by atoms with Crippen LogP contribution in [-0.4, -0.2) is 18.8 Å². The molecule has 0 spiro atoms. The van der Waals surface area contributed by atoms with Gasteiger partial charge in [0.05, 0.1) is 11.1 Å². The lowest BCUT2D eigenvalue weighted by atomic mass is 10.1. The average Bonchev–Trinajstić information content (AvgIpc) is 2.59. The van der Waals surface area contributed by atoms with E-state index >= 15 is 0 Å². The number of hydrogen-bond donors (Lipinski definition) is 2. The second kappa shape index (κ2) is 8.32. The molecule has 0 aliphatic rings. The second-order valence-electron chi connectivity index (χ2n) is 5.77. The molecule has 164 valence electrons. The van der Waals surface area contributed by atoms with Crippen molar-refractivity contribution in [1.29, 1.82) is 0 Å². The van der Waals surface area contributed by atoms with Crippen molar-refractivity contribution in [3.8, 4) is 5.75 Å². The van der Waals surface area contributed by atoms with Crippen molar-refractivity contribution >= 4 is 17.4 Å². The van der Waals surface area contributed by atoms with E-state index in [0.717, 1.165) is 24.3 Å². The standard InChI is InChI=1S/C17H11F9N2O2/c18-8-15(19,20)30-13-3-1-2-11(7-13)27-14(29)28-12-5-9(16(21,22)23)4-10(6-12)17(24,25)26/h1-7H,8H2,(H2,27,28,29). The molecule has 0 saturated carbocycles. The van der Waals surface area contributed by atoms with E-state index in [1.165, 1.54) is 0 Å². The molecule has 0 fully saturated rings. The maximum atomic E-state index is 12.9. The summed E-state index contributed by atoms with van der Waals surface area (Å²) in [7, 11) is 0. The van der Waals surface area contributed by atoms with Crippen LogP contribution >= 0.6 is 0 Å². The minimum atomic E-state index is -5.11. The summed E-state index contributed by atoms with van der Waals surface area (Å²) in [5.74, 6) is -0.547. The third-order valence-electron chi connectivity index (χ3n) is 3.36. The fraction of sp³-hybridized carbons (Fsp3) is 0.235. The fourth-order valence-corrected chi connectivity index (χ4v) is 2.16. The van der Waals surface area contributed by atoms with Crippen LogP contribution in [0.5, 0.6) is 5.75 Å². The Morgan fingerprint density at radius 1 is 0.800 bits per heavy atom. The number of nitrogens with one attached hydrogen (secondary N) is 2. The van der Waals surface area contributed by atoms with E-state index in [1.54, 1.807) is 5.32 Å². The fourth-order valence-electron chi connectivity index (χ4n) is 2.16. The van der Waals surface area contributed by atoms with Gasteiger partial charge in [-0.2, -0.15) is 35.1 Å². The maximum Gasteiger partial charge on any atom is 0.427 e. The van der Waals surface area contributed by atoms with Crippen LogP contribution in [0.15, 0.2) is 42.5 Å². The molecule has 0 aliphatic carbocycles. The first-order valence-corrected chi connectivity index (χ1v) is 7.80. The average molecular weight is 446 g/mol. The summed E-state index contributed by atoms with van der Waals surface area (Å²) >= 11 is 0. The summed E-state index contributed by atoms with van der Waals surface area (Å²) in [4.78, 5) is 11.9. The van der Waals surface area contributed by atoms with Crippen molar-refractivity contribution in [1.82, 2.24) is 0 Å². The van der Waals surface area contributed by atoms with E-state index in [9.17, 15) is 44.3 Å². The molecule has 30 heavy (non-hydrogen) atoms. The molecule has 2 aromatic rings. The summed E-state index contributed by atoms with van der Waals surface area (Å²) < 4.78 is 119. The van der Waals surface area contributed by atoms with Gasteiger partial charge < -0.3 is 15.4 Å². The quantitative estimate of drug-likeness (QED) is 0.529. The number of alkyl halides is 9. The van der Waals surface area contributed by atoms with Gasteiger partial charge in [-0.1, -0.05) is 6.07 Å². The zero-order valence-corrected chi connectivity index (χ0v) is 14.5. The van der Waals surface area contributed by atoms with Gasteiger partial charge in [0, 0.05) is 17.4 Å². The van der Waals surface area contributed by atoms with Gasteiger partial charge in [0.2, 0.25) is 0 Å². The molecular weight excluding hydrogens is 435 g/mol. The van der Waals surface area contributed by atoms with E-state index in [4.69, 9.17) is 0 Å². The van der Waals surface area contributed by atoms with Crippen LogP contribution in [0, 0.1) is 0 Å². The molecule has 2 aromatic carbocycles. The predicted molar refractivity (Wildman–Crippen MR) is 87.1 cm³/mol. The molecule has 4 nitrogen and oxygen atoms in total. The molecule has 2 N–H and O–H groups in total. The van der Waals surface area contributed by atoms with Gasteiger partial charge in [0.25, 0.3) is 0 Å². The lowest BCUT2D eigenvalue weighted by molar-refractivity contribution is -0.186. The first-order valence-electron chi connectivity index (χ1n) is 7.80. The van der Waals surface area contributed by atoms with E-state index in [0.29, 0.717) is 0 Å². The molecule has 0 atom stereocenters. The van der Waals surface area contributed by atoms with Gasteiger partial charge in [-0.15, -0.1) is 0 Å². The highest BCUT2D eigenvalue weighted by Crippen LogP contribution is 2.37. The largest absolute Gasteiger partial charge is 0.431 e. The first kappa shape index (κ1) is 23.2. The number of benzene rings is 2. The number of halogens is 9. The zero-order chi connectivity index (χ0) is 22.7. The van der Waals surface area contributed by atoms with Gasteiger partial charge in [0.15, 0.2) is 6.67 Å². The third kappa shape index (κ3) is 6.46. The van der Waals surface area contributed by atoms with Crippen molar-refractivity contribution in [3.05, 3.63) is 53.6 Å². The van der Waals surface area contributed by atoms with Gasteiger partial charge in [-0.3, -0.25) is 0 Å². The molecule has 2 rings (SSSR count). The minimum Gasteiger partial charge on any atom is -0.431 e. The Morgan fingerprint density at radius 3 is 1.83 bits per heavy atom. The van der Waals surface area contributed by atoms with Crippen LogP contribution in [0.3, 0.4) is 0 Å². The highest BCUT2D eigenvalue weighted by molar-refractivity contribution is 6.00. The number of carbonyl (C=O) groups is 1. The van der Waals surface area contributed by atoms with Gasteiger partial charge >= 0.3 is 24.5 Å². The summed E-state index contributed by atoms with van der Waals surface area (Å²) in [6.07, 6.45) is -14.4. The summed E-state index contributed by atoms with van der Waals surface area (Å²) in [5, 5.41) is 3.82. The Kier molecular flexibility index (Phi) is 6.42. The van der Waals surface area contributed by atoms with Crippen molar-refractivity contribution in [2.24, 2.45) is 0 Å². The number of amides is 2. The van der Waals surface area contributed by atoms with Gasteiger partial charge in [-0.05, 0) is 30.3 Å². The summed E-state index contributed by atoms with van der Waals surface area (Å²) in [6, 6.07) is 3.34. The Hall–Kier alpha value is -3.12. The number of ether oxygens (including phenoxy) is 1. The molecule has 0 saturated heterocycles. The smallest absolute Gasteiger partial charge is 0.427 e. The summed E-state index contributed by atoms with van der Waals surface area (Å²) in [5.41, 5.74) is -4.30. The number of carbonyl (C=O) groups excluding carboxylic acids is 1. The molecule has 2 amide bonds. The molecule has 0 radical (unpaired) electrons. The predicted octanol–water partition coefficient (Wildman–Crippen LogP) is 6.31. The van der Waals surface area contributed by atoms with Crippen molar-refractivity contribution < 1.29 is 49.0 Å². The number of anilines is 2. The van der Waals surface area contributed by atoms with Crippen molar-refractivity contribution in [3.63, 3.8) is 0 Å². The van der Waals surface area contributed by atoms with Crippen LogP contribution in [0.2, 0.25) is 0 Å². The van der Waals surface area contributed by atoms with E-state index in [2.05, 4.69) is 4.74 Å². The van der Waals surface area contributed by atoms with Crippen LogP contribution in [0.25, 0.3) is 0 Å². The Labute approximate surface area is 162 Å². The van der Waals surface area contributed by atoms with Crippen molar-refractivity contribution in [2.75, 3.05) is 17.3 Å². The molecular formula is C17H11F9N2O2. The maximum absolute atomic E-state index is 12.9. The van der Waals surface area contributed by atoms with E-state index < -0.39 is 53.7 Å². The highest BCUT2D eigenvalue weighted by atomic mass is 19.4. The zero-order valence-electron chi connectivity index (χ0n) is 14.5. The third-order valence-corrected chi connectivity index (χ3v) is 3.36. The monoisotopic (exact) mass is 446 g/mol. The molecule has 13 heteroatoms. The number of hydrogen-bond acceptors (Lipinski definition) is 2. The Bertz CT molecular complexity index is 879. The lowest BCUT2D eigenvalue weighted by Crippen LogP contribution is -2.27. The van der Waals surface area contributed by atoms with Gasteiger partial charge in [-0.25, -0.2) is 9.18 Å². The molecule has 0 unspecified atom stereocenters. The summed E-state index contributed by atoms with van der Waals surface area (Å²) in [6.45, 7) is -2.12. The topological polar surface area (TPSA) is 50.4 Å². The van der Waals surface area contributed by atoms with Crippen LogP contribution in [0.1, 0.15) is 11.1 Å². The normalized spacial score (nSPS) is 12.4. The molecule has 0 bridgehead atoms. The highest BCUT2D eigenvalue weighted by Gasteiger charge is 2.37. The van der Waals surface area contributed by atoms with Crippen molar-refractivity contribution in [2.45, 2.75) is 18.5 Å². The number of urea groups is 1.